The van der Waals surface area contributed by atoms with Crippen LogP contribution in [0.5, 0.6) is 0 Å². The van der Waals surface area contributed by atoms with Crippen molar-refractivity contribution in [2.75, 3.05) is 38.5 Å². The highest BCUT2D eigenvalue weighted by Gasteiger charge is 2.20. The number of rotatable bonds is 3. The summed E-state index contributed by atoms with van der Waals surface area (Å²) in [5.74, 6) is 0.124. The van der Waals surface area contributed by atoms with Crippen LogP contribution in [0.4, 0.5) is 5.69 Å². The first-order valence-electron chi connectivity index (χ1n) is 6.57. The van der Waals surface area contributed by atoms with E-state index < -0.39 is 6.10 Å². The number of amides is 1. The third-order valence-corrected chi connectivity index (χ3v) is 3.57. The van der Waals surface area contributed by atoms with Crippen LogP contribution < -0.4 is 5.73 Å². The highest BCUT2D eigenvalue weighted by Crippen LogP contribution is 2.16. The molecule has 1 saturated heterocycles. The fraction of sp³-hybridized carbons (Fsp3) is 0.500. The minimum atomic E-state index is -0.510. The van der Waals surface area contributed by atoms with Crippen LogP contribution >= 0.6 is 0 Å². The van der Waals surface area contributed by atoms with Crippen molar-refractivity contribution >= 4 is 11.6 Å². The Morgan fingerprint density at radius 1 is 1.26 bits per heavy atom. The van der Waals surface area contributed by atoms with Gasteiger partial charge >= 0.3 is 0 Å². The Morgan fingerprint density at radius 2 is 1.84 bits per heavy atom. The summed E-state index contributed by atoms with van der Waals surface area (Å²) < 4.78 is 0. The molecule has 1 fully saturated rings. The van der Waals surface area contributed by atoms with Gasteiger partial charge in [-0.1, -0.05) is 12.1 Å². The second kappa shape index (κ2) is 6.04. The number of aliphatic hydroxyl groups is 1. The molecule has 0 bridgehead atoms. The van der Waals surface area contributed by atoms with Crippen LogP contribution in [0.15, 0.2) is 24.3 Å². The zero-order chi connectivity index (χ0) is 13.8. The predicted molar refractivity (Wildman–Crippen MR) is 74.5 cm³/mol. The number of nitrogen functional groups attached to an aromatic ring is 1. The first-order chi connectivity index (χ1) is 9.06. The highest BCUT2D eigenvalue weighted by atomic mass is 16.3. The molecule has 1 amide bonds. The number of nitrogens with two attached hydrogens (primary N) is 1. The lowest BCUT2D eigenvalue weighted by Gasteiger charge is -2.35. The number of hydrogen-bond acceptors (Lipinski definition) is 4. The minimum Gasteiger partial charge on any atom is -0.399 e. The number of β-amino-alcohol motifs (C(OH)–C–C–N with tert-alkyl or cyclic N) is 1. The predicted octanol–water partition coefficient (Wildman–Crippen LogP) is 0.466. The van der Waals surface area contributed by atoms with Crippen molar-refractivity contribution in [3.8, 4) is 0 Å². The lowest BCUT2D eigenvalue weighted by Crippen LogP contribution is -2.48. The van der Waals surface area contributed by atoms with Crippen LogP contribution in [0.1, 0.15) is 18.6 Å². The van der Waals surface area contributed by atoms with Crippen LogP contribution in [0.2, 0.25) is 0 Å². The average Bonchev–Trinajstić information content (AvgIpc) is 2.40. The fourth-order valence-electron chi connectivity index (χ4n) is 2.31. The standard InChI is InChI=1S/C14H21N3O2/c1-11(18)17-8-6-16(7-9-17)10-14(19)12-2-4-13(15)5-3-12/h2-5,14,19H,6-10,15H2,1H3. The van der Waals surface area contributed by atoms with Gasteiger partial charge in [0, 0.05) is 45.3 Å². The maximum Gasteiger partial charge on any atom is 0.219 e. The maximum absolute atomic E-state index is 11.2. The van der Waals surface area contributed by atoms with Crippen molar-refractivity contribution in [3.05, 3.63) is 29.8 Å². The smallest absolute Gasteiger partial charge is 0.219 e. The Bertz CT molecular complexity index is 425. The molecule has 2 rings (SSSR count). The van der Waals surface area contributed by atoms with Crippen LogP contribution in [-0.2, 0) is 4.79 Å². The van der Waals surface area contributed by atoms with E-state index in [9.17, 15) is 9.90 Å². The van der Waals surface area contributed by atoms with E-state index in [1.807, 2.05) is 17.0 Å². The molecular weight excluding hydrogens is 242 g/mol. The van der Waals surface area contributed by atoms with Crippen molar-refractivity contribution in [2.45, 2.75) is 13.0 Å². The topological polar surface area (TPSA) is 69.8 Å². The molecule has 5 heteroatoms. The van der Waals surface area contributed by atoms with Gasteiger partial charge in [0.25, 0.3) is 0 Å². The SMILES string of the molecule is CC(=O)N1CCN(CC(O)c2ccc(N)cc2)CC1. The molecule has 1 aromatic carbocycles. The van der Waals surface area contributed by atoms with Gasteiger partial charge in [-0.2, -0.15) is 0 Å². The molecule has 1 aromatic rings. The van der Waals surface area contributed by atoms with Crippen molar-refractivity contribution in [3.63, 3.8) is 0 Å². The van der Waals surface area contributed by atoms with Crippen LogP contribution in [-0.4, -0.2) is 53.5 Å². The van der Waals surface area contributed by atoms with Gasteiger partial charge in [-0.25, -0.2) is 0 Å². The van der Waals surface area contributed by atoms with E-state index in [4.69, 9.17) is 5.73 Å². The summed E-state index contributed by atoms with van der Waals surface area (Å²) in [6.07, 6.45) is -0.510. The Morgan fingerprint density at radius 3 is 2.37 bits per heavy atom. The van der Waals surface area contributed by atoms with Gasteiger partial charge in [-0.15, -0.1) is 0 Å². The second-order valence-corrected chi connectivity index (χ2v) is 4.99. The quantitative estimate of drug-likeness (QED) is 0.778. The number of anilines is 1. The van der Waals surface area contributed by atoms with E-state index in [-0.39, 0.29) is 5.91 Å². The van der Waals surface area contributed by atoms with E-state index in [0.29, 0.717) is 12.2 Å². The van der Waals surface area contributed by atoms with Crippen molar-refractivity contribution in [1.29, 1.82) is 0 Å². The zero-order valence-electron chi connectivity index (χ0n) is 11.2. The van der Waals surface area contributed by atoms with Gasteiger partial charge < -0.3 is 15.7 Å². The molecule has 19 heavy (non-hydrogen) atoms. The van der Waals surface area contributed by atoms with Crippen molar-refractivity contribution < 1.29 is 9.90 Å². The summed E-state index contributed by atoms with van der Waals surface area (Å²) in [7, 11) is 0. The summed E-state index contributed by atoms with van der Waals surface area (Å²) in [5.41, 5.74) is 7.20. The molecule has 3 N–H and O–H groups in total. The number of carbonyl (C=O) groups excluding carboxylic acids is 1. The molecule has 0 saturated carbocycles. The van der Waals surface area contributed by atoms with Gasteiger partial charge in [0.2, 0.25) is 5.91 Å². The number of piperazine rings is 1. The van der Waals surface area contributed by atoms with E-state index in [1.165, 1.54) is 0 Å². The highest BCUT2D eigenvalue weighted by molar-refractivity contribution is 5.73. The molecule has 1 unspecified atom stereocenters. The summed E-state index contributed by atoms with van der Waals surface area (Å²) in [6, 6.07) is 7.30. The molecule has 1 heterocycles. The third-order valence-electron chi connectivity index (χ3n) is 3.57. The Kier molecular flexibility index (Phi) is 4.39. The monoisotopic (exact) mass is 263 g/mol. The molecule has 1 atom stereocenters. The molecule has 0 aliphatic carbocycles. The lowest BCUT2D eigenvalue weighted by molar-refractivity contribution is -0.130. The van der Waals surface area contributed by atoms with Crippen molar-refractivity contribution in [2.24, 2.45) is 0 Å². The number of aliphatic hydroxyl groups excluding tert-OH is 1. The van der Waals surface area contributed by atoms with Gasteiger partial charge in [0.05, 0.1) is 6.10 Å². The molecule has 1 aliphatic heterocycles. The number of carbonyl (C=O) groups is 1. The Labute approximate surface area is 113 Å². The summed E-state index contributed by atoms with van der Waals surface area (Å²) in [4.78, 5) is 15.2. The first-order valence-corrected chi connectivity index (χ1v) is 6.57. The Balaban J connectivity index is 1.85. The average molecular weight is 263 g/mol. The summed E-state index contributed by atoms with van der Waals surface area (Å²) in [6.45, 7) is 5.29. The largest absolute Gasteiger partial charge is 0.399 e. The van der Waals surface area contributed by atoms with Gasteiger partial charge in [-0.05, 0) is 17.7 Å². The molecular formula is C14H21N3O2. The lowest BCUT2D eigenvalue weighted by atomic mass is 10.1. The van der Waals surface area contributed by atoms with E-state index in [0.717, 1.165) is 31.7 Å². The molecule has 1 aliphatic rings. The fourth-order valence-corrected chi connectivity index (χ4v) is 2.31. The Hall–Kier alpha value is -1.59. The van der Waals surface area contributed by atoms with Gasteiger partial charge in [0.1, 0.15) is 0 Å². The molecule has 0 radical (unpaired) electrons. The van der Waals surface area contributed by atoms with Crippen LogP contribution in [0.3, 0.4) is 0 Å². The molecule has 5 nitrogen and oxygen atoms in total. The number of benzene rings is 1. The van der Waals surface area contributed by atoms with E-state index in [2.05, 4.69) is 4.90 Å². The van der Waals surface area contributed by atoms with Crippen LogP contribution in [0, 0.1) is 0 Å². The second-order valence-electron chi connectivity index (χ2n) is 4.99. The van der Waals surface area contributed by atoms with Gasteiger partial charge in [0.15, 0.2) is 0 Å². The van der Waals surface area contributed by atoms with E-state index >= 15 is 0 Å². The normalized spacial score (nSPS) is 18.3. The molecule has 0 aromatic heterocycles. The molecule has 104 valence electrons. The summed E-state index contributed by atoms with van der Waals surface area (Å²) >= 11 is 0. The van der Waals surface area contributed by atoms with Crippen molar-refractivity contribution in [1.82, 2.24) is 9.80 Å². The zero-order valence-corrected chi connectivity index (χ0v) is 11.2. The third kappa shape index (κ3) is 3.68. The summed E-state index contributed by atoms with van der Waals surface area (Å²) in [5, 5.41) is 10.2. The number of nitrogens with zero attached hydrogens (tertiary/aromatic N) is 2. The van der Waals surface area contributed by atoms with Gasteiger partial charge in [-0.3, -0.25) is 9.69 Å². The van der Waals surface area contributed by atoms with Crippen LogP contribution in [0.25, 0.3) is 0 Å². The van der Waals surface area contributed by atoms with E-state index in [1.54, 1.807) is 19.1 Å². The minimum absolute atomic E-state index is 0.124. The first kappa shape index (κ1) is 13.8. The molecule has 0 spiro atoms. The number of hydrogen-bond donors (Lipinski definition) is 2. The maximum atomic E-state index is 11.2.